The van der Waals surface area contributed by atoms with Crippen molar-refractivity contribution >= 4 is 23.4 Å². The Morgan fingerprint density at radius 2 is 1.52 bits per heavy atom. The normalized spacial score (nSPS) is 23.4. The molecule has 4 heteroatoms. The predicted octanol–water partition coefficient (Wildman–Crippen LogP) is 4.32. The average Bonchev–Trinajstić information content (AvgIpc) is 2.54. The Morgan fingerprint density at radius 3 is 2.13 bits per heavy atom. The van der Waals surface area contributed by atoms with E-state index >= 15 is 0 Å². The Balaban J connectivity index is 2.10. The molecule has 23 heavy (non-hydrogen) atoms. The fourth-order valence-corrected chi connectivity index (χ4v) is 2.98. The number of cyclic esters (lactones) is 1. The van der Waals surface area contributed by atoms with Gasteiger partial charge in [-0.1, -0.05) is 54.1 Å². The van der Waals surface area contributed by atoms with Gasteiger partial charge in [-0.3, -0.25) is 9.59 Å². The summed E-state index contributed by atoms with van der Waals surface area (Å²) in [5, 5.41) is 0.596. The molecule has 2 aromatic carbocycles. The molecule has 3 nitrogen and oxygen atoms in total. The summed E-state index contributed by atoms with van der Waals surface area (Å²) in [6.07, 6.45) is -0.636. The summed E-state index contributed by atoms with van der Waals surface area (Å²) < 4.78 is 5.66. The van der Waals surface area contributed by atoms with E-state index in [-0.39, 0.29) is 5.78 Å². The summed E-state index contributed by atoms with van der Waals surface area (Å²) >= 11 is 5.93. The molecule has 0 aromatic heterocycles. The largest absolute Gasteiger partial charge is 0.456 e. The highest BCUT2D eigenvalue weighted by Gasteiger charge is 2.51. The second kappa shape index (κ2) is 5.82. The molecule has 2 aromatic rings. The summed E-state index contributed by atoms with van der Waals surface area (Å²) in [5.74, 6) is -1.14. The van der Waals surface area contributed by atoms with Crippen LogP contribution in [0.5, 0.6) is 0 Å². The van der Waals surface area contributed by atoms with Crippen molar-refractivity contribution in [1.82, 2.24) is 0 Å². The van der Waals surface area contributed by atoms with Gasteiger partial charge in [0, 0.05) is 5.02 Å². The van der Waals surface area contributed by atoms with Crippen LogP contribution < -0.4 is 0 Å². The highest BCUT2D eigenvalue weighted by atomic mass is 35.5. The van der Waals surface area contributed by atoms with E-state index in [9.17, 15) is 9.59 Å². The Labute approximate surface area is 140 Å². The lowest BCUT2D eigenvalue weighted by molar-refractivity contribution is -0.174. The van der Waals surface area contributed by atoms with Crippen LogP contribution >= 0.6 is 11.6 Å². The monoisotopic (exact) mass is 328 g/mol. The van der Waals surface area contributed by atoms with Gasteiger partial charge in [-0.15, -0.1) is 0 Å². The van der Waals surface area contributed by atoms with Gasteiger partial charge in [-0.05, 0) is 37.1 Å². The van der Waals surface area contributed by atoms with Crippen LogP contribution in [0.1, 0.15) is 37.0 Å². The smallest absolute Gasteiger partial charge is 0.319 e. The van der Waals surface area contributed by atoms with Gasteiger partial charge in [0.2, 0.25) is 0 Å². The van der Waals surface area contributed by atoms with E-state index in [1.54, 1.807) is 38.1 Å². The second-order valence-electron chi connectivity index (χ2n) is 6.26. The number of hydrogen-bond donors (Lipinski definition) is 0. The number of hydrogen-bond acceptors (Lipinski definition) is 3. The topological polar surface area (TPSA) is 43.4 Å². The number of benzene rings is 2. The Kier molecular flexibility index (Phi) is 3.99. The quantitative estimate of drug-likeness (QED) is 0.609. The minimum atomic E-state index is -1.15. The Hall–Kier alpha value is -2.13. The molecule has 0 spiro atoms. The molecule has 3 rings (SSSR count). The predicted molar refractivity (Wildman–Crippen MR) is 88.3 cm³/mol. The first-order valence-electron chi connectivity index (χ1n) is 7.47. The third-order valence-corrected chi connectivity index (χ3v) is 4.55. The maximum Gasteiger partial charge on any atom is 0.319 e. The molecule has 0 unspecified atom stereocenters. The van der Waals surface area contributed by atoms with Gasteiger partial charge in [0.1, 0.15) is 11.5 Å². The number of esters is 1. The van der Waals surface area contributed by atoms with Crippen molar-refractivity contribution in [2.45, 2.75) is 25.9 Å². The molecule has 1 heterocycles. The zero-order valence-corrected chi connectivity index (χ0v) is 13.7. The lowest BCUT2D eigenvalue weighted by atomic mass is 9.72. The van der Waals surface area contributed by atoms with Gasteiger partial charge in [0.15, 0.2) is 5.78 Å². The van der Waals surface area contributed by atoms with Gasteiger partial charge in [0.05, 0.1) is 5.92 Å². The van der Waals surface area contributed by atoms with Crippen LogP contribution in [-0.2, 0) is 14.3 Å². The summed E-state index contributed by atoms with van der Waals surface area (Å²) in [7, 11) is 0. The number of halogens is 1. The van der Waals surface area contributed by atoms with Crippen LogP contribution in [0.15, 0.2) is 54.6 Å². The molecule has 1 aliphatic rings. The molecule has 0 saturated carbocycles. The van der Waals surface area contributed by atoms with Crippen LogP contribution in [0.3, 0.4) is 0 Å². The lowest BCUT2D eigenvalue weighted by Crippen LogP contribution is -2.46. The van der Waals surface area contributed by atoms with Gasteiger partial charge in [-0.25, -0.2) is 0 Å². The minimum Gasteiger partial charge on any atom is -0.456 e. The Bertz CT molecular complexity index is 735. The van der Waals surface area contributed by atoms with E-state index in [0.717, 1.165) is 11.1 Å². The lowest BCUT2D eigenvalue weighted by Gasteiger charge is -2.38. The van der Waals surface area contributed by atoms with Crippen molar-refractivity contribution in [2.75, 3.05) is 0 Å². The van der Waals surface area contributed by atoms with Crippen molar-refractivity contribution < 1.29 is 14.3 Å². The van der Waals surface area contributed by atoms with E-state index in [0.29, 0.717) is 5.02 Å². The summed E-state index contributed by atoms with van der Waals surface area (Å²) in [5.41, 5.74) is 0.460. The van der Waals surface area contributed by atoms with Gasteiger partial charge in [-0.2, -0.15) is 0 Å². The first-order chi connectivity index (χ1) is 10.9. The first kappa shape index (κ1) is 15.8. The number of carbonyl (C=O) groups excluding carboxylic acids is 2. The molecule has 0 aliphatic carbocycles. The summed E-state index contributed by atoms with van der Waals surface area (Å²) in [6.45, 7) is 3.23. The zero-order chi connectivity index (χ0) is 16.6. The summed E-state index contributed by atoms with van der Waals surface area (Å²) in [4.78, 5) is 25.3. The van der Waals surface area contributed by atoms with Crippen LogP contribution in [0, 0.1) is 5.41 Å². The van der Waals surface area contributed by atoms with Crippen molar-refractivity contribution in [3.05, 3.63) is 70.7 Å². The van der Waals surface area contributed by atoms with Gasteiger partial charge >= 0.3 is 5.97 Å². The van der Waals surface area contributed by atoms with Gasteiger partial charge in [0.25, 0.3) is 0 Å². The van der Waals surface area contributed by atoms with Crippen LogP contribution in [0.25, 0.3) is 0 Å². The van der Waals surface area contributed by atoms with E-state index in [2.05, 4.69) is 0 Å². The third kappa shape index (κ3) is 2.77. The van der Waals surface area contributed by atoms with Gasteiger partial charge < -0.3 is 4.74 Å². The number of ketones is 1. The van der Waals surface area contributed by atoms with Crippen molar-refractivity contribution in [3.63, 3.8) is 0 Å². The van der Waals surface area contributed by atoms with Crippen molar-refractivity contribution in [1.29, 1.82) is 0 Å². The minimum absolute atomic E-state index is 0.125. The number of Topliss-reactive ketones (excluding diaryl/α,β-unsaturated/α-hetero) is 1. The Morgan fingerprint density at radius 1 is 0.913 bits per heavy atom. The highest BCUT2D eigenvalue weighted by Crippen LogP contribution is 2.45. The molecule has 118 valence electrons. The van der Waals surface area contributed by atoms with Crippen LogP contribution in [0.2, 0.25) is 5.02 Å². The fourth-order valence-electron chi connectivity index (χ4n) is 2.86. The SMILES string of the molecule is CC1(C)C(=O)O[C@H](c2ccc(Cl)cc2)[C@@H](c2ccccc2)C1=O. The highest BCUT2D eigenvalue weighted by molar-refractivity contribution is 6.30. The third-order valence-electron chi connectivity index (χ3n) is 4.30. The molecule has 0 bridgehead atoms. The molecule has 0 N–H and O–H groups in total. The van der Waals surface area contributed by atoms with E-state index in [4.69, 9.17) is 16.3 Å². The second-order valence-corrected chi connectivity index (χ2v) is 6.69. The number of rotatable bonds is 2. The maximum absolute atomic E-state index is 13.0. The van der Waals surface area contributed by atoms with Crippen LogP contribution in [-0.4, -0.2) is 11.8 Å². The fraction of sp³-hybridized carbons (Fsp3) is 0.263. The standard InChI is InChI=1S/C19H17ClO3/c1-19(2)17(21)15(12-6-4-3-5-7-12)16(23-18(19)22)13-8-10-14(20)11-9-13/h3-11,15-16H,1-2H3/t15-,16-/m1/s1. The molecule has 1 fully saturated rings. The van der Waals surface area contributed by atoms with Crippen molar-refractivity contribution in [2.24, 2.45) is 5.41 Å². The van der Waals surface area contributed by atoms with E-state index in [1.165, 1.54) is 0 Å². The molecule has 0 radical (unpaired) electrons. The van der Waals surface area contributed by atoms with Crippen molar-refractivity contribution in [3.8, 4) is 0 Å². The number of carbonyl (C=O) groups is 2. The number of ether oxygens (including phenoxy) is 1. The van der Waals surface area contributed by atoms with E-state index < -0.39 is 23.4 Å². The summed E-state index contributed by atoms with van der Waals surface area (Å²) in [6, 6.07) is 16.5. The first-order valence-corrected chi connectivity index (χ1v) is 7.85. The van der Waals surface area contributed by atoms with E-state index in [1.807, 2.05) is 30.3 Å². The molecule has 1 aliphatic heterocycles. The molecule has 0 amide bonds. The average molecular weight is 329 g/mol. The zero-order valence-electron chi connectivity index (χ0n) is 13.0. The molecule has 1 saturated heterocycles. The molecular formula is C19H17ClO3. The molecule has 2 atom stereocenters. The maximum atomic E-state index is 13.0. The van der Waals surface area contributed by atoms with Crippen LogP contribution in [0.4, 0.5) is 0 Å². The molecular weight excluding hydrogens is 312 g/mol.